The van der Waals surface area contributed by atoms with Crippen LogP contribution < -0.4 is 10.6 Å². The Morgan fingerprint density at radius 1 is 1.22 bits per heavy atom. The van der Waals surface area contributed by atoms with Crippen LogP contribution in [0.2, 0.25) is 0 Å². The van der Waals surface area contributed by atoms with Crippen molar-refractivity contribution < 1.29 is 19.5 Å². The molecule has 0 saturated heterocycles. The summed E-state index contributed by atoms with van der Waals surface area (Å²) in [5.74, 6) is -1.20. The molecule has 0 radical (unpaired) electrons. The zero-order chi connectivity index (χ0) is 16.8. The van der Waals surface area contributed by atoms with Crippen LogP contribution in [0.3, 0.4) is 0 Å². The summed E-state index contributed by atoms with van der Waals surface area (Å²) in [6, 6.07) is 0. The molecule has 2 amide bonds. The number of carboxylic acid groups (broad SMARTS) is 1. The lowest BCUT2D eigenvalue weighted by atomic mass is 9.95. The molecule has 0 aliphatic heterocycles. The number of anilines is 1. The van der Waals surface area contributed by atoms with Gasteiger partial charge in [0.05, 0.1) is 5.56 Å². The van der Waals surface area contributed by atoms with Crippen molar-refractivity contribution in [3.8, 4) is 0 Å². The second kappa shape index (κ2) is 8.10. The monoisotopic (exact) mass is 338 g/mol. The Hall–Kier alpha value is -1.89. The third-order valence-electron chi connectivity index (χ3n) is 3.83. The van der Waals surface area contributed by atoms with E-state index >= 15 is 0 Å². The highest BCUT2D eigenvalue weighted by Gasteiger charge is 2.25. The van der Waals surface area contributed by atoms with Crippen molar-refractivity contribution in [2.24, 2.45) is 0 Å². The number of rotatable bonds is 7. The maximum Gasteiger partial charge on any atom is 0.303 e. The van der Waals surface area contributed by atoms with Gasteiger partial charge in [-0.25, -0.2) is 0 Å². The van der Waals surface area contributed by atoms with E-state index in [4.69, 9.17) is 5.11 Å². The Bertz CT molecular complexity index is 609. The van der Waals surface area contributed by atoms with Gasteiger partial charge in [0.25, 0.3) is 5.91 Å². The average Bonchev–Trinajstić information content (AvgIpc) is 2.88. The zero-order valence-electron chi connectivity index (χ0n) is 13.2. The third kappa shape index (κ3) is 4.54. The number of aliphatic carboxylic acids is 1. The Labute approximate surface area is 139 Å². The van der Waals surface area contributed by atoms with E-state index in [1.165, 1.54) is 16.2 Å². The van der Waals surface area contributed by atoms with E-state index in [1.54, 1.807) is 6.92 Å². The fraction of sp³-hybridized carbons (Fsp3) is 0.562. The predicted octanol–water partition coefficient (Wildman–Crippen LogP) is 2.57. The topological polar surface area (TPSA) is 95.5 Å². The van der Waals surface area contributed by atoms with Crippen molar-refractivity contribution in [2.45, 2.75) is 51.9 Å². The number of carbonyl (C=O) groups excluding carboxylic acids is 2. The molecule has 2 rings (SSSR count). The van der Waals surface area contributed by atoms with Crippen molar-refractivity contribution in [2.75, 3.05) is 11.9 Å². The van der Waals surface area contributed by atoms with Crippen LogP contribution in [0.25, 0.3) is 0 Å². The summed E-state index contributed by atoms with van der Waals surface area (Å²) < 4.78 is 0. The molecule has 6 nitrogen and oxygen atoms in total. The number of amides is 2. The number of aryl methyl sites for hydroxylation is 1. The van der Waals surface area contributed by atoms with E-state index in [0.29, 0.717) is 30.0 Å². The van der Waals surface area contributed by atoms with E-state index in [-0.39, 0.29) is 18.2 Å². The molecule has 7 heteroatoms. The fourth-order valence-electron chi connectivity index (χ4n) is 2.64. The summed E-state index contributed by atoms with van der Waals surface area (Å²) in [4.78, 5) is 35.9. The highest BCUT2D eigenvalue weighted by Crippen LogP contribution is 2.38. The molecule has 0 atom stereocenters. The van der Waals surface area contributed by atoms with Crippen molar-refractivity contribution in [3.05, 3.63) is 16.0 Å². The standard InChI is InChI=1S/C16H22N2O4S/c1-2-12(19)18-16-14(10-6-3-4-7-11(10)23-16)15(22)17-9-5-8-13(20)21/h2-9H2,1H3,(H,17,22)(H,18,19)(H,20,21). The number of carboxylic acids is 1. The molecule has 1 aromatic rings. The number of hydrogen-bond donors (Lipinski definition) is 3. The van der Waals surface area contributed by atoms with Crippen molar-refractivity contribution in [1.82, 2.24) is 5.32 Å². The molecule has 126 valence electrons. The summed E-state index contributed by atoms with van der Waals surface area (Å²) in [6.45, 7) is 2.09. The quantitative estimate of drug-likeness (QED) is 0.666. The number of nitrogens with one attached hydrogen (secondary N) is 2. The normalized spacial score (nSPS) is 13.3. The largest absolute Gasteiger partial charge is 0.481 e. The van der Waals surface area contributed by atoms with Gasteiger partial charge in [0, 0.05) is 24.3 Å². The summed E-state index contributed by atoms with van der Waals surface area (Å²) in [6.07, 6.45) is 4.74. The van der Waals surface area contributed by atoms with Gasteiger partial charge in [-0.1, -0.05) is 6.92 Å². The van der Waals surface area contributed by atoms with Gasteiger partial charge < -0.3 is 15.7 Å². The van der Waals surface area contributed by atoms with Crippen LogP contribution in [0.1, 0.15) is 59.8 Å². The van der Waals surface area contributed by atoms with Gasteiger partial charge in [-0.15, -0.1) is 11.3 Å². The minimum atomic E-state index is -0.872. The zero-order valence-corrected chi connectivity index (χ0v) is 14.1. The Kier molecular flexibility index (Phi) is 6.15. The van der Waals surface area contributed by atoms with Gasteiger partial charge in [-0.2, -0.15) is 0 Å². The number of thiophene rings is 1. The summed E-state index contributed by atoms with van der Waals surface area (Å²) in [7, 11) is 0. The maximum atomic E-state index is 12.5. The number of hydrogen-bond acceptors (Lipinski definition) is 4. The predicted molar refractivity (Wildman–Crippen MR) is 89.1 cm³/mol. The van der Waals surface area contributed by atoms with E-state index in [9.17, 15) is 14.4 Å². The Balaban J connectivity index is 2.13. The molecular formula is C16H22N2O4S. The first kappa shape index (κ1) is 17.5. The van der Waals surface area contributed by atoms with Crippen LogP contribution in [-0.2, 0) is 22.4 Å². The van der Waals surface area contributed by atoms with Gasteiger partial charge in [-0.05, 0) is 37.7 Å². The molecule has 0 saturated carbocycles. The van der Waals surface area contributed by atoms with Gasteiger partial charge in [0.1, 0.15) is 5.00 Å². The molecule has 1 heterocycles. The first-order valence-electron chi connectivity index (χ1n) is 7.97. The Morgan fingerprint density at radius 3 is 2.65 bits per heavy atom. The highest BCUT2D eigenvalue weighted by atomic mass is 32.1. The SMILES string of the molecule is CCC(=O)Nc1sc2c(c1C(=O)NCCCC(=O)O)CCCC2. The fourth-order valence-corrected chi connectivity index (χ4v) is 3.94. The van der Waals surface area contributed by atoms with Gasteiger partial charge in [0.15, 0.2) is 0 Å². The first-order valence-corrected chi connectivity index (χ1v) is 8.79. The molecule has 0 bridgehead atoms. The van der Waals surface area contributed by atoms with Crippen molar-refractivity contribution in [3.63, 3.8) is 0 Å². The molecular weight excluding hydrogens is 316 g/mol. The second-order valence-electron chi connectivity index (χ2n) is 5.57. The van der Waals surface area contributed by atoms with Crippen molar-refractivity contribution in [1.29, 1.82) is 0 Å². The minimum absolute atomic E-state index is 0.0292. The van der Waals surface area contributed by atoms with Crippen molar-refractivity contribution >= 4 is 34.1 Å². The molecule has 0 aromatic carbocycles. The molecule has 0 fully saturated rings. The summed E-state index contributed by atoms with van der Waals surface area (Å²) in [5, 5.41) is 14.9. The molecule has 23 heavy (non-hydrogen) atoms. The van der Waals surface area contributed by atoms with Crippen LogP contribution in [-0.4, -0.2) is 29.4 Å². The third-order valence-corrected chi connectivity index (χ3v) is 5.03. The molecule has 1 aromatic heterocycles. The molecule has 1 aliphatic rings. The van der Waals surface area contributed by atoms with Crippen LogP contribution >= 0.6 is 11.3 Å². The van der Waals surface area contributed by atoms with Crippen LogP contribution in [0.4, 0.5) is 5.00 Å². The van der Waals surface area contributed by atoms with Crippen LogP contribution in [0.5, 0.6) is 0 Å². The number of fused-ring (bicyclic) bond motifs is 1. The smallest absolute Gasteiger partial charge is 0.303 e. The minimum Gasteiger partial charge on any atom is -0.481 e. The van der Waals surface area contributed by atoms with E-state index in [2.05, 4.69) is 10.6 Å². The first-order chi connectivity index (χ1) is 11.0. The lowest BCUT2D eigenvalue weighted by molar-refractivity contribution is -0.137. The molecule has 3 N–H and O–H groups in total. The average molecular weight is 338 g/mol. The maximum absolute atomic E-state index is 12.5. The van der Waals surface area contributed by atoms with E-state index in [1.807, 2.05) is 0 Å². The molecule has 0 spiro atoms. The molecule has 1 aliphatic carbocycles. The Morgan fingerprint density at radius 2 is 1.96 bits per heavy atom. The lowest BCUT2D eigenvalue weighted by Crippen LogP contribution is -2.27. The van der Waals surface area contributed by atoms with Gasteiger partial charge in [0.2, 0.25) is 5.91 Å². The van der Waals surface area contributed by atoms with E-state index < -0.39 is 5.97 Å². The number of carbonyl (C=O) groups is 3. The van der Waals surface area contributed by atoms with Crippen LogP contribution in [0.15, 0.2) is 0 Å². The van der Waals surface area contributed by atoms with Crippen LogP contribution in [0, 0.1) is 0 Å². The van der Waals surface area contributed by atoms with E-state index in [0.717, 1.165) is 31.2 Å². The second-order valence-corrected chi connectivity index (χ2v) is 6.68. The summed E-state index contributed by atoms with van der Waals surface area (Å²) >= 11 is 1.49. The lowest BCUT2D eigenvalue weighted by Gasteiger charge is -2.13. The molecule has 0 unspecified atom stereocenters. The van der Waals surface area contributed by atoms with Gasteiger partial charge >= 0.3 is 5.97 Å². The highest BCUT2D eigenvalue weighted by molar-refractivity contribution is 7.17. The van der Waals surface area contributed by atoms with Gasteiger partial charge in [-0.3, -0.25) is 14.4 Å². The summed E-state index contributed by atoms with van der Waals surface area (Å²) in [5.41, 5.74) is 1.62.